The van der Waals surface area contributed by atoms with Crippen molar-refractivity contribution in [2.45, 2.75) is 96.4 Å². The highest BCUT2D eigenvalue weighted by Gasteiger charge is 2.19. The van der Waals surface area contributed by atoms with Gasteiger partial charge in [-0.1, -0.05) is 101 Å². The number of aliphatic hydroxyl groups is 1. The van der Waals surface area contributed by atoms with Gasteiger partial charge in [-0.05, 0) is 12.8 Å². The number of nitrogens with one attached hydrogen (secondary N) is 1. The molecule has 0 aromatic heterocycles. The van der Waals surface area contributed by atoms with Crippen LogP contribution in [0.5, 0.6) is 0 Å². The van der Waals surface area contributed by atoms with Crippen molar-refractivity contribution in [3.63, 3.8) is 0 Å². The number of ketones is 1. The van der Waals surface area contributed by atoms with Gasteiger partial charge in [0, 0.05) is 18.0 Å². The van der Waals surface area contributed by atoms with Crippen LogP contribution in [0.1, 0.15) is 101 Å². The molecule has 2 rings (SSSR count). The lowest BCUT2D eigenvalue weighted by atomic mass is 10.0. The second kappa shape index (κ2) is 16.3. The molecule has 0 bridgehead atoms. The van der Waals surface area contributed by atoms with Gasteiger partial charge in [-0.25, -0.2) is 0 Å². The lowest BCUT2D eigenvalue weighted by Crippen LogP contribution is -2.24. The topological polar surface area (TPSA) is 66.4 Å². The molecule has 1 unspecified atom stereocenters. The van der Waals surface area contributed by atoms with Crippen molar-refractivity contribution in [1.82, 2.24) is 5.32 Å². The molecule has 1 aromatic carbocycles. The molecule has 1 atom stereocenters. The van der Waals surface area contributed by atoms with E-state index in [-0.39, 0.29) is 11.7 Å². The molecule has 1 saturated heterocycles. The molecule has 0 radical (unpaired) electrons. The van der Waals surface area contributed by atoms with Gasteiger partial charge >= 0.3 is 0 Å². The van der Waals surface area contributed by atoms with Crippen LogP contribution in [0.2, 0.25) is 0 Å². The number of carbonyl (C=O) groups excluding carboxylic acids is 2. The quantitative estimate of drug-likeness (QED) is 0.349. The van der Waals surface area contributed by atoms with Crippen LogP contribution in [-0.4, -0.2) is 29.4 Å². The number of hydrogen-bond donors (Lipinski definition) is 2. The first-order valence-electron chi connectivity index (χ1n) is 11.2. The maximum absolute atomic E-state index is 11.0. The summed E-state index contributed by atoms with van der Waals surface area (Å²) in [6.45, 7) is 1.86. The van der Waals surface area contributed by atoms with Crippen LogP contribution in [0.3, 0.4) is 0 Å². The van der Waals surface area contributed by atoms with Crippen LogP contribution >= 0.6 is 0 Å². The third-order valence-electron chi connectivity index (χ3n) is 5.23. The van der Waals surface area contributed by atoms with Crippen LogP contribution in [-0.2, 0) is 4.79 Å². The third-order valence-corrected chi connectivity index (χ3v) is 5.23. The molecule has 1 fully saturated rings. The van der Waals surface area contributed by atoms with Crippen LogP contribution in [0, 0.1) is 0 Å². The molecular formula is C24H39NO3. The van der Waals surface area contributed by atoms with E-state index in [1.54, 1.807) is 24.3 Å². The summed E-state index contributed by atoms with van der Waals surface area (Å²) in [5.41, 5.74) is 0.560. The molecule has 1 aliphatic heterocycles. The van der Waals surface area contributed by atoms with Crippen LogP contribution in [0.25, 0.3) is 0 Å². The summed E-state index contributed by atoms with van der Waals surface area (Å²) in [5, 5.41) is 11.5. The number of carbonyl (C=O) groups is 2. The molecule has 4 nitrogen and oxygen atoms in total. The average Bonchev–Trinajstić information content (AvgIpc) is 3.15. The van der Waals surface area contributed by atoms with E-state index >= 15 is 0 Å². The van der Waals surface area contributed by atoms with E-state index in [9.17, 15) is 9.59 Å². The third kappa shape index (κ3) is 11.9. The first kappa shape index (κ1) is 24.4. The standard InChI is InChI=1S/C16H31NO.C8H8O2/c1-2-3-4-5-6-7-8-9-10-11-12-15-13-14-16(18)17-15;9-6-8(10)7-4-2-1-3-5-7/h15H,2-14H2,1H3,(H,17,18);1-5,9H,6H2. The summed E-state index contributed by atoms with van der Waals surface area (Å²) in [7, 11) is 0. The molecule has 158 valence electrons. The smallest absolute Gasteiger partial charge is 0.220 e. The normalized spacial score (nSPS) is 15.6. The van der Waals surface area contributed by atoms with E-state index in [0.717, 1.165) is 12.8 Å². The Bertz CT molecular complexity index is 530. The Morgan fingerprint density at radius 1 is 0.964 bits per heavy atom. The van der Waals surface area contributed by atoms with Gasteiger partial charge in [-0.3, -0.25) is 9.59 Å². The van der Waals surface area contributed by atoms with E-state index in [2.05, 4.69) is 12.2 Å². The molecule has 1 amide bonds. The highest BCUT2D eigenvalue weighted by molar-refractivity contribution is 5.96. The zero-order chi connectivity index (χ0) is 20.5. The average molecular weight is 390 g/mol. The van der Waals surface area contributed by atoms with E-state index in [0.29, 0.717) is 11.6 Å². The van der Waals surface area contributed by atoms with Crippen molar-refractivity contribution in [1.29, 1.82) is 0 Å². The van der Waals surface area contributed by atoms with Crippen LogP contribution in [0.4, 0.5) is 0 Å². The summed E-state index contributed by atoms with van der Waals surface area (Å²) in [4.78, 5) is 21.8. The Morgan fingerprint density at radius 3 is 2.04 bits per heavy atom. The minimum atomic E-state index is -0.413. The van der Waals surface area contributed by atoms with Crippen molar-refractivity contribution < 1.29 is 14.7 Å². The van der Waals surface area contributed by atoms with Crippen LogP contribution < -0.4 is 5.32 Å². The first-order chi connectivity index (χ1) is 13.7. The predicted octanol–water partition coefficient (Wildman–Crippen LogP) is 5.44. The summed E-state index contributed by atoms with van der Waals surface area (Å²) >= 11 is 0. The lowest BCUT2D eigenvalue weighted by Gasteiger charge is -2.09. The minimum Gasteiger partial charge on any atom is -0.388 e. The van der Waals surface area contributed by atoms with E-state index in [4.69, 9.17) is 5.11 Å². The Hall–Kier alpha value is -1.68. The first-order valence-corrected chi connectivity index (χ1v) is 11.2. The van der Waals surface area contributed by atoms with Crippen molar-refractivity contribution in [3.8, 4) is 0 Å². The molecule has 1 aliphatic rings. The number of Topliss-reactive ketones (excluding diaryl/α,β-unsaturated/α-hetero) is 1. The van der Waals surface area contributed by atoms with Gasteiger partial charge in [0.2, 0.25) is 5.91 Å². The van der Waals surface area contributed by atoms with Gasteiger partial charge in [-0.15, -0.1) is 0 Å². The highest BCUT2D eigenvalue weighted by Crippen LogP contribution is 2.15. The molecule has 4 heteroatoms. The largest absolute Gasteiger partial charge is 0.388 e. The number of hydrogen-bond acceptors (Lipinski definition) is 3. The monoisotopic (exact) mass is 389 g/mol. The Labute approximate surface area is 171 Å². The summed E-state index contributed by atoms with van der Waals surface area (Å²) < 4.78 is 0. The van der Waals surface area contributed by atoms with E-state index < -0.39 is 6.61 Å². The fraction of sp³-hybridized carbons (Fsp3) is 0.667. The number of amides is 1. The Balaban J connectivity index is 0.000000330. The van der Waals surface area contributed by atoms with E-state index in [1.807, 2.05) is 6.07 Å². The predicted molar refractivity (Wildman–Crippen MR) is 115 cm³/mol. The lowest BCUT2D eigenvalue weighted by molar-refractivity contribution is -0.119. The molecule has 0 spiro atoms. The Kier molecular flexibility index (Phi) is 14.2. The maximum atomic E-state index is 11.0. The van der Waals surface area contributed by atoms with Crippen LogP contribution in [0.15, 0.2) is 30.3 Å². The number of rotatable bonds is 13. The molecule has 0 saturated carbocycles. The zero-order valence-corrected chi connectivity index (χ0v) is 17.6. The molecular weight excluding hydrogens is 350 g/mol. The van der Waals surface area contributed by atoms with Gasteiger partial charge in [0.05, 0.1) is 0 Å². The van der Waals surface area contributed by atoms with Gasteiger partial charge in [0.15, 0.2) is 5.78 Å². The van der Waals surface area contributed by atoms with Gasteiger partial charge in [0.25, 0.3) is 0 Å². The van der Waals surface area contributed by atoms with Crippen molar-refractivity contribution >= 4 is 11.7 Å². The van der Waals surface area contributed by atoms with Gasteiger partial charge in [0.1, 0.15) is 6.61 Å². The van der Waals surface area contributed by atoms with Gasteiger partial charge < -0.3 is 10.4 Å². The van der Waals surface area contributed by atoms with Crippen molar-refractivity contribution in [2.24, 2.45) is 0 Å². The second-order valence-electron chi connectivity index (χ2n) is 7.72. The van der Waals surface area contributed by atoms with E-state index in [1.165, 1.54) is 70.6 Å². The number of benzene rings is 1. The molecule has 2 N–H and O–H groups in total. The molecule has 1 aromatic rings. The second-order valence-corrected chi connectivity index (χ2v) is 7.72. The SMILES string of the molecule is CCCCCCCCCCCCC1CCC(=O)N1.O=C(CO)c1ccccc1. The summed E-state index contributed by atoms with van der Waals surface area (Å²) in [6.07, 6.45) is 16.9. The Morgan fingerprint density at radius 2 is 1.54 bits per heavy atom. The maximum Gasteiger partial charge on any atom is 0.220 e. The number of aliphatic hydroxyl groups excluding tert-OH is 1. The van der Waals surface area contributed by atoms with Gasteiger partial charge in [-0.2, -0.15) is 0 Å². The molecule has 28 heavy (non-hydrogen) atoms. The summed E-state index contributed by atoms with van der Waals surface area (Å²) in [6, 6.07) is 9.21. The molecule has 1 heterocycles. The summed E-state index contributed by atoms with van der Waals surface area (Å²) in [5.74, 6) is 0.0210. The fourth-order valence-electron chi connectivity index (χ4n) is 3.49. The highest BCUT2D eigenvalue weighted by atomic mass is 16.3. The van der Waals surface area contributed by atoms with Crippen molar-refractivity contribution in [2.75, 3.05) is 6.61 Å². The molecule has 0 aliphatic carbocycles. The number of unbranched alkanes of at least 4 members (excludes halogenated alkanes) is 9. The minimum absolute atomic E-state index is 0.236. The zero-order valence-electron chi connectivity index (χ0n) is 17.6. The fourth-order valence-corrected chi connectivity index (χ4v) is 3.49. The van der Waals surface area contributed by atoms with Crippen molar-refractivity contribution in [3.05, 3.63) is 35.9 Å².